The largest absolute Gasteiger partial charge is 0.397 e. The van der Waals surface area contributed by atoms with E-state index in [0.29, 0.717) is 42.8 Å². The highest BCUT2D eigenvalue weighted by atomic mass is 32.3. The van der Waals surface area contributed by atoms with Gasteiger partial charge in [0, 0.05) is 11.8 Å². The highest BCUT2D eigenvalue weighted by Gasteiger charge is 2.59. The molecule has 4 aliphatic rings. The molecular formula is C19H28O6S. The molecule has 3 fully saturated rings. The van der Waals surface area contributed by atoms with Crippen LogP contribution in [0.5, 0.6) is 0 Å². The lowest BCUT2D eigenvalue weighted by Crippen LogP contribution is -2.53. The zero-order valence-corrected chi connectivity index (χ0v) is 16.2. The van der Waals surface area contributed by atoms with Crippen LogP contribution in [-0.4, -0.2) is 36.1 Å². The molecule has 0 aromatic rings. The Hall–Kier alpha value is -0.760. The third kappa shape index (κ3) is 2.70. The van der Waals surface area contributed by atoms with Crippen LogP contribution in [0.25, 0.3) is 0 Å². The van der Waals surface area contributed by atoms with Gasteiger partial charge in [-0.2, -0.15) is 8.42 Å². The van der Waals surface area contributed by atoms with Crippen molar-refractivity contribution in [1.29, 1.82) is 0 Å². The van der Waals surface area contributed by atoms with Gasteiger partial charge in [-0.25, -0.2) is 4.18 Å². The second kappa shape index (κ2) is 5.87. The molecule has 0 spiro atoms. The van der Waals surface area contributed by atoms with Gasteiger partial charge in [0.2, 0.25) is 0 Å². The van der Waals surface area contributed by atoms with Gasteiger partial charge in [0.15, 0.2) is 0 Å². The molecule has 0 aliphatic heterocycles. The number of fused-ring (bicyclic) bond motifs is 5. The fourth-order valence-electron chi connectivity index (χ4n) is 6.69. The van der Waals surface area contributed by atoms with E-state index in [2.05, 4.69) is 19.9 Å². The Bertz CT molecular complexity index is 758. The van der Waals surface area contributed by atoms with Gasteiger partial charge in [-0.1, -0.05) is 25.5 Å². The third-order valence-corrected chi connectivity index (χ3v) is 8.55. The summed E-state index contributed by atoms with van der Waals surface area (Å²) in [5, 5.41) is 10.3. The van der Waals surface area contributed by atoms with E-state index in [4.69, 9.17) is 8.74 Å². The van der Waals surface area contributed by atoms with Crippen LogP contribution in [0.1, 0.15) is 58.8 Å². The summed E-state index contributed by atoms with van der Waals surface area (Å²) in [5.74, 6) is 1.55. The Kier molecular flexibility index (Phi) is 4.20. The highest BCUT2D eigenvalue weighted by molar-refractivity contribution is 7.80. The SMILES string of the molecule is C[C@]12CC(OS(=O)(=O)O)[C@H](O)CC1=CC[C@@H]1[C@@H]2CC[C@]2(C)C(=O)CC[C@@H]12. The Morgan fingerprint density at radius 1 is 1.19 bits per heavy atom. The normalized spacial score (nSPS) is 48.4. The summed E-state index contributed by atoms with van der Waals surface area (Å²) < 4.78 is 36.3. The second-order valence-electron chi connectivity index (χ2n) is 9.22. The lowest BCUT2D eigenvalue weighted by atomic mass is 9.48. The first-order valence-corrected chi connectivity index (χ1v) is 11.0. The van der Waals surface area contributed by atoms with Crippen LogP contribution in [-0.2, 0) is 19.4 Å². The Morgan fingerprint density at radius 3 is 2.58 bits per heavy atom. The maximum Gasteiger partial charge on any atom is 0.397 e. The van der Waals surface area contributed by atoms with Gasteiger partial charge < -0.3 is 5.11 Å². The number of rotatable bonds is 2. The molecule has 3 saturated carbocycles. The molecular weight excluding hydrogens is 356 g/mol. The van der Waals surface area contributed by atoms with E-state index >= 15 is 0 Å². The molecule has 7 heteroatoms. The molecule has 4 aliphatic carbocycles. The van der Waals surface area contributed by atoms with Crippen molar-refractivity contribution in [3.8, 4) is 0 Å². The second-order valence-corrected chi connectivity index (χ2v) is 10.3. The number of hydrogen-bond acceptors (Lipinski definition) is 5. The van der Waals surface area contributed by atoms with Crippen molar-refractivity contribution in [2.75, 3.05) is 0 Å². The number of Topliss-reactive ketones (excluding diaryl/α,β-unsaturated/α-hetero) is 1. The van der Waals surface area contributed by atoms with Crippen LogP contribution in [0.3, 0.4) is 0 Å². The highest BCUT2D eigenvalue weighted by Crippen LogP contribution is 2.64. The van der Waals surface area contributed by atoms with Crippen LogP contribution in [0, 0.1) is 28.6 Å². The van der Waals surface area contributed by atoms with Gasteiger partial charge in [-0.05, 0) is 61.7 Å². The quantitative estimate of drug-likeness (QED) is 0.561. The maximum atomic E-state index is 12.5. The summed E-state index contributed by atoms with van der Waals surface area (Å²) in [6.07, 6.45) is 5.47. The predicted octanol–water partition coefficient (Wildman–Crippen LogP) is 2.68. The number of aliphatic hydroxyl groups excluding tert-OH is 1. The average Bonchev–Trinajstić information content (AvgIpc) is 2.83. The van der Waals surface area contributed by atoms with Crippen molar-refractivity contribution in [1.82, 2.24) is 0 Å². The molecule has 7 atom stereocenters. The molecule has 0 bridgehead atoms. The lowest BCUT2D eigenvalue weighted by Gasteiger charge is -2.57. The van der Waals surface area contributed by atoms with E-state index in [1.54, 1.807) is 0 Å². The number of carbonyl (C=O) groups is 1. The van der Waals surface area contributed by atoms with Gasteiger partial charge in [0.05, 0.1) is 6.10 Å². The summed E-state index contributed by atoms with van der Waals surface area (Å²) >= 11 is 0. The molecule has 6 nitrogen and oxygen atoms in total. The molecule has 146 valence electrons. The molecule has 0 aromatic carbocycles. The fourth-order valence-corrected chi connectivity index (χ4v) is 7.20. The van der Waals surface area contributed by atoms with Crippen LogP contribution in [0.2, 0.25) is 0 Å². The van der Waals surface area contributed by atoms with E-state index in [1.165, 1.54) is 5.57 Å². The van der Waals surface area contributed by atoms with E-state index in [-0.39, 0.29) is 10.8 Å². The van der Waals surface area contributed by atoms with E-state index < -0.39 is 22.6 Å². The lowest BCUT2D eigenvalue weighted by molar-refractivity contribution is -0.133. The number of aliphatic hydroxyl groups is 1. The smallest absolute Gasteiger partial charge is 0.390 e. The molecule has 0 aromatic heterocycles. The summed E-state index contributed by atoms with van der Waals surface area (Å²) in [5.41, 5.74) is 0.709. The minimum atomic E-state index is -4.61. The summed E-state index contributed by atoms with van der Waals surface area (Å²) in [6, 6.07) is 0. The zero-order valence-electron chi connectivity index (χ0n) is 15.3. The maximum absolute atomic E-state index is 12.5. The topological polar surface area (TPSA) is 101 Å². The molecule has 0 amide bonds. The van der Waals surface area contributed by atoms with Gasteiger partial charge >= 0.3 is 10.4 Å². The molecule has 0 radical (unpaired) electrons. The standard InChI is InChI=1S/C19H28O6S/c1-18-8-7-14-12(13(18)5-6-17(18)21)4-3-11-9-15(20)16(10-19(11,14)2)25-26(22,23)24/h3,12-16,20H,4-10H2,1-2H3,(H,22,23,24)/t12-,13-,14-,15+,16?,18-,19-/m0/s1. The third-order valence-electron chi connectivity index (χ3n) is 8.06. The van der Waals surface area contributed by atoms with Crippen LogP contribution >= 0.6 is 0 Å². The summed E-state index contributed by atoms with van der Waals surface area (Å²) in [6.45, 7) is 4.26. The average molecular weight is 384 g/mol. The first kappa shape index (κ1) is 18.6. The monoisotopic (exact) mass is 384 g/mol. The van der Waals surface area contributed by atoms with Crippen molar-refractivity contribution in [2.24, 2.45) is 28.6 Å². The zero-order chi connectivity index (χ0) is 18.9. The van der Waals surface area contributed by atoms with Gasteiger partial charge in [-0.3, -0.25) is 9.35 Å². The van der Waals surface area contributed by atoms with Crippen molar-refractivity contribution < 1.29 is 27.1 Å². The Labute approximate surface area is 155 Å². The predicted molar refractivity (Wildman–Crippen MR) is 94.5 cm³/mol. The van der Waals surface area contributed by atoms with Crippen molar-refractivity contribution in [3.63, 3.8) is 0 Å². The Morgan fingerprint density at radius 2 is 1.88 bits per heavy atom. The van der Waals surface area contributed by atoms with Crippen LogP contribution < -0.4 is 0 Å². The number of allylic oxidation sites excluding steroid dienone is 1. The van der Waals surface area contributed by atoms with E-state index in [9.17, 15) is 18.3 Å². The van der Waals surface area contributed by atoms with Crippen molar-refractivity contribution >= 4 is 16.2 Å². The Balaban J connectivity index is 1.65. The van der Waals surface area contributed by atoms with E-state index in [1.807, 2.05) is 0 Å². The van der Waals surface area contributed by atoms with Gasteiger partial charge in [0.1, 0.15) is 11.9 Å². The molecule has 4 rings (SSSR count). The van der Waals surface area contributed by atoms with Gasteiger partial charge in [0.25, 0.3) is 0 Å². The summed E-state index contributed by atoms with van der Waals surface area (Å²) in [7, 11) is -4.61. The van der Waals surface area contributed by atoms with Crippen molar-refractivity contribution in [2.45, 2.75) is 71.0 Å². The summed E-state index contributed by atoms with van der Waals surface area (Å²) in [4.78, 5) is 12.5. The molecule has 0 saturated heterocycles. The molecule has 26 heavy (non-hydrogen) atoms. The van der Waals surface area contributed by atoms with Crippen molar-refractivity contribution in [3.05, 3.63) is 11.6 Å². The number of carbonyl (C=O) groups excluding carboxylic acids is 1. The first-order chi connectivity index (χ1) is 12.0. The fraction of sp³-hybridized carbons (Fsp3) is 0.842. The first-order valence-electron chi connectivity index (χ1n) is 9.61. The van der Waals surface area contributed by atoms with Crippen LogP contribution in [0.15, 0.2) is 11.6 Å². The van der Waals surface area contributed by atoms with Crippen LogP contribution in [0.4, 0.5) is 0 Å². The minimum absolute atomic E-state index is 0.207. The van der Waals surface area contributed by atoms with E-state index in [0.717, 1.165) is 25.7 Å². The molecule has 2 N–H and O–H groups in total. The van der Waals surface area contributed by atoms with Gasteiger partial charge in [-0.15, -0.1) is 0 Å². The molecule has 1 unspecified atom stereocenters. The molecule has 0 heterocycles. The minimum Gasteiger partial charge on any atom is -0.390 e. The number of ketones is 1. The number of hydrogen-bond donors (Lipinski definition) is 2.